The van der Waals surface area contributed by atoms with Crippen molar-refractivity contribution in [2.45, 2.75) is 6.92 Å². The molecule has 0 saturated carbocycles. The fourth-order valence-electron chi connectivity index (χ4n) is 0.672. The number of methoxy groups -OCH3 is 1. The summed E-state index contributed by atoms with van der Waals surface area (Å²) in [5.74, 6) is 0.776. The molecule has 56 valence electrons. The van der Waals surface area contributed by atoms with Gasteiger partial charge in [0, 0.05) is 5.56 Å². The molecule has 0 amide bonds. The molecule has 0 unspecified atom stereocenters. The Balaban J connectivity index is 3.20. The lowest BCUT2D eigenvalue weighted by Gasteiger charge is -1.96. The van der Waals surface area contributed by atoms with Crippen LogP contribution in [0.15, 0.2) is 3.79 Å². The lowest BCUT2D eigenvalue weighted by atomic mass is 10.4. The minimum Gasteiger partial charge on any atom is -0.494 e. The molecule has 4 heteroatoms. The zero-order valence-electron chi connectivity index (χ0n) is 5.57. The predicted molar refractivity (Wildman–Crippen MR) is 48.3 cm³/mol. The van der Waals surface area contributed by atoms with E-state index in [1.165, 1.54) is 11.3 Å². The highest BCUT2D eigenvalue weighted by molar-refractivity contribution is 9.11. The van der Waals surface area contributed by atoms with Gasteiger partial charge in [-0.05, 0) is 22.9 Å². The van der Waals surface area contributed by atoms with Gasteiger partial charge in [-0.3, -0.25) is 0 Å². The van der Waals surface area contributed by atoms with Crippen molar-refractivity contribution >= 4 is 38.9 Å². The fourth-order valence-corrected chi connectivity index (χ4v) is 2.80. The number of hydrogen-bond acceptors (Lipinski definition) is 2. The molecule has 0 atom stereocenters. The minimum atomic E-state index is 0.701. The largest absolute Gasteiger partial charge is 0.494 e. The SMILES string of the molecule is COc1c(Cl)sc(Br)c1C. The number of rotatable bonds is 1. The standard InChI is InChI=1S/C6H6BrClOS/c1-3-4(9-2)6(8)10-5(3)7/h1-2H3. The average molecular weight is 242 g/mol. The minimum absolute atomic E-state index is 0.701. The molecular formula is C6H6BrClOS. The van der Waals surface area contributed by atoms with Gasteiger partial charge in [0.2, 0.25) is 0 Å². The summed E-state index contributed by atoms with van der Waals surface area (Å²) in [6.07, 6.45) is 0. The summed E-state index contributed by atoms with van der Waals surface area (Å²) in [5.41, 5.74) is 1.07. The van der Waals surface area contributed by atoms with Gasteiger partial charge in [0.15, 0.2) is 5.75 Å². The second-order valence-corrected chi connectivity index (χ2v) is 4.75. The normalized spacial score (nSPS) is 10.0. The molecule has 0 radical (unpaired) electrons. The summed E-state index contributed by atoms with van der Waals surface area (Å²) in [6.45, 7) is 1.96. The summed E-state index contributed by atoms with van der Waals surface area (Å²) >= 11 is 10.7. The van der Waals surface area contributed by atoms with E-state index in [0.29, 0.717) is 4.34 Å². The molecule has 0 aliphatic rings. The van der Waals surface area contributed by atoms with E-state index < -0.39 is 0 Å². The molecule has 10 heavy (non-hydrogen) atoms. The van der Waals surface area contributed by atoms with Crippen LogP contribution in [-0.2, 0) is 0 Å². The number of hydrogen-bond donors (Lipinski definition) is 0. The van der Waals surface area contributed by atoms with Gasteiger partial charge >= 0.3 is 0 Å². The van der Waals surface area contributed by atoms with Crippen LogP contribution in [0.2, 0.25) is 4.34 Å². The van der Waals surface area contributed by atoms with Crippen LogP contribution in [0.4, 0.5) is 0 Å². The van der Waals surface area contributed by atoms with E-state index in [1.54, 1.807) is 7.11 Å². The Morgan fingerprint density at radius 1 is 1.60 bits per heavy atom. The first-order chi connectivity index (χ1) is 4.66. The van der Waals surface area contributed by atoms with Crippen molar-refractivity contribution in [3.63, 3.8) is 0 Å². The van der Waals surface area contributed by atoms with Crippen LogP contribution >= 0.6 is 38.9 Å². The van der Waals surface area contributed by atoms with Crippen LogP contribution in [0.3, 0.4) is 0 Å². The highest BCUT2D eigenvalue weighted by Gasteiger charge is 2.10. The topological polar surface area (TPSA) is 9.23 Å². The summed E-state index contributed by atoms with van der Waals surface area (Å²) in [4.78, 5) is 0. The highest BCUT2D eigenvalue weighted by atomic mass is 79.9. The number of ether oxygens (including phenoxy) is 1. The van der Waals surface area contributed by atoms with E-state index >= 15 is 0 Å². The Morgan fingerprint density at radius 2 is 2.20 bits per heavy atom. The van der Waals surface area contributed by atoms with E-state index in [4.69, 9.17) is 16.3 Å². The molecule has 0 saturated heterocycles. The fraction of sp³-hybridized carbons (Fsp3) is 0.333. The van der Waals surface area contributed by atoms with Crippen molar-refractivity contribution in [3.05, 3.63) is 13.7 Å². The maximum Gasteiger partial charge on any atom is 0.152 e. The first kappa shape index (κ1) is 8.37. The van der Waals surface area contributed by atoms with Gasteiger partial charge in [-0.1, -0.05) is 11.6 Å². The first-order valence-corrected chi connectivity index (χ1v) is 4.64. The summed E-state index contributed by atoms with van der Waals surface area (Å²) in [5, 5.41) is 0. The van der Waals surface area contributed by atoms with E-state index in [9.17, 15) is 0 Å². The quantitative estimate of drug-likeness (QED) is 0.731. The molecule has 0 spiro atoms. The second-order valence-electron chi connectivity index (χ2n) is 1.81. The molecule has 0 N–H and O–H groups in total. The molecule has 1 heterocycles. The third kappa shape index (κ3) is 1.31. The van der Waals surface area contributed by atoms with Crippen LogP contribution in [-0.4, -0.2) is 7.11 Å². The third-order valence-electron chi connectivity index (χ3n) is 1.20. The zero-order valence-corrected chi connectivity index (χ0v) is 8.73. The van der Waals surface area contributed by atoms with Crippen molar-refractivity contribution in [2.24, 2.45) is 0 Å². The maximum atomic E-state index is 5.81. The predicted octanol–water partition coefficient (Wildman–Crippen LogP) is 3.48. The van der Waals surface area contributed by atoms with E-state index in [2.05, 4.69) is 15.9 Å². The molecule has 0 bridgehead atoms. The second kappa shape index (κ2) is 3.11. The van der Waals surface area contributed by atoms with Gasteiger partial charge in [-0.25, -0.2) is 0 Å². The lowest BCUT2D eigenvalue weighted by Crippen LogP contribution is -1.81. The Morgan fingerprint density at radius 3 is 2.40 bits per heavy atom. The lowest BCUT2D eigenvalue weighted by molar-refractivity contribution is 0.414. The zero-order chi connectivity index (χ0) is 7.72. The van der Waals surface area contributed by atoms with Crippen molar-refractivity contribution in [3.8, 4) is 5.75 Å². The van der Waals surface area contributed by atoms with Gasteiger partial charge in [0.1, 0.15) is 4.34 Å². The molecule has 1 rings (SSSR count). The summed E-state index contributed by atoms with van der Waals surface area (Å²) < 4.78 is 6.78. The Labute approximate surface area is 77.1 Å². The first-order valence-electron chi connectivity index (χ1n) is 2.65. The van der Waals surface area contributed by atoms with Gasteiger partial charge in [0.25, 0.3) is 0 Å². The highest BCUT2D eigenvalue weighted by Crippen LogP contribution is 2.41. The summed E-state index contributed by atoms with van der Waals surface area (Å²) in [7, 11) is 1.62. The molecular weight excluding hydrogens is 235 g/mol. The Kier molecular flexibility index (Phi) is 2.61. The summed E-state index contributed by atoms with van der Waals surface area (Å²) in [6, 6.07) is 0. The van der Waals surface area contributed by atoms with Gasteiger partial charge in [-0.2, -0.15) is 0 Å². The van der Waals surface area contributed by atoms with Crippen LogP contribution < -0.4 is 4.74 Å². The van der Waals surface area contributed by atoms with Gasteiger partial charge in [-0.15, -0.1) is 11.3 Å². The average Bonchev–Trinajstić information content (AvgIpc) is 2.09. The van der Waals surface area contributed by atoms with Gasteiger partial charge in [0.05, 0.1) is 10.9 Å². The number of thiophene rings is 1. The molecule has 1 aromatic rings. The van der Waals surface area contributed by atoms with Crippen LogP contribution in [0.1, 0.15) is 5.56 Å². The molecule has 0 fully saturated rings. The Hall–Kier alpha value is 0.270. The number of halogens is 2. The molecule has 0 aliphatic heterocycles. The van der Waals surface area contributed by atoms with Crippen LogP contribution in [0.25, 0.3) is 0 Å². The van der Waals surface area contributed by atoms with E-state index in [0.717, 1.165) is 15.1 Å². The van der Waals surface area contributed by atoms with Crippen molar-refractivity contribution < 1.29 is 4.74 Å². The van der Waals surface area contributed by atoms with Crippen molar-refractivity contribution in [2.75, 3.05) is 7.11 Å². The smallest absolute Gasteiger partial charge is 0.152 e. The molecule has 1 nitrogen and oxygen atoms in total. The third-order valence-corrected chi connectivity index (χ3v) is 3.53. The van der Waals surface area contributed by atoms with Gasteiger partial charge < -0.3 is 4.74 Å². The monoisotopic (exact) mass is 240 g/mol. The van der Waals surface area contributed by atoms with E-state index in [1.807, 2.05) is 6.92 Å². The molecule has 0 aromatic carbocycles. The van der Waals surface area contributed by atoms with Crippen LogP contribution in [0, 0.1) is 6.92 Å². The Bertz CT molecular complexity index is 246. The van der Waals surface area contributed by atoms with Crippen LogP contribution in [0.5, 0.6) is 5.75 Å². The molecule has 1 aromatic heterocycles. The maximum absolute atomic E-state index is 5.81. The van der Waals surface area contributed by atoms with Crippen molar-refractivity contribution in [1.29, 1.82) is 0 Å². The molecule has 0 aliphatic carbocycles. The van der Waals surface area contributed by atoms with Crippen molar-refractivity contribution in [1.82, 2.24) is 0 Å². The van der Waals surface area contributed by atoms with E-state index in [-0.39, 0.29) is 0 Å².